The molecule has 0 spiro atoms. The van der Waals surface area contributed by atoms with Crippen LogP contribution in [0.3, 0.4) is 0 Å². The molecule has 0 amide bonds. The lowest BCUT2D eigenvalue weighted by Gasteiger charge is -2.20. The van der Waals surface area contributed by atoms with E-state index in [-0.39, 0.29) is 6.61 Å². The quantitative estimate of drug-likeness (QED) is 0.641. The summed E-state index contributed by atoms with van der Waals surface area (Å²) < 4.78 is 29.1. The molecule has 14 heavy (non-hydrogen) atoms. The smallest absolute Gasteiger partial charge is 0.302 e. The van der Waals surface area contributed by atoms with Crippen molar-refractivity contribution in [2.75, 3.05) is 6.61 Å². The van der Waals surface area contributed by atoms with Gasteiger partial charge in [0.2, 0.25) is 0 Å². The van der Waals surface area contributed by atoms with Gasteiger partial charge in [-0.1, -0.05) is 20.8 Å². The highest BCUT2D eigenvalue weighted by molar-refractivity contribution is 7.60. The van der Waals surface area contributed by atoms with Crippen LogP contribution in [0.2, 0.25) is 0 Å². The summed E-state index contributed by atoms with van der Waals surface area (Å²) in [6.07, 6.45) is 0. The molecule has 3 N–H and O–H groups in total. The van der Waals surface area contributed by atoms with E-state index in [9.17, 15) is 9.13 Å². The zero-order valence-electron chi connectivity index (χ0n) is 8.08. The third kappa shape index (κ3) is 8.84. The molecule has 0 bridgehead atoms. The van der Waals surface area contributed by atoms with Crippen molar-refractivity contribution in [2.24, 2.45) is 5.41 Å². The molecule has 0 aliphatic carbocycles. The van der Waals surface area contributed by atoms with E-state index in [0.717, 1.165) is 0 Å². The first-order valence-electron chi connectivity index (χ1n) is 3.66. The maximum Gasteiger partial charge on any atom is 0.481 e. The van der Waals surface area contributed by atoms with Gasteiger partial charge in [0.15, 0.2) is 0 Å². The summed E-state index contributed by atoms with van der Waals surface area (Å²) in [5.74, 6) is 0. The lowest BCUT2D eigenvalue weighted by Crippen LogP contribution is -2.13. The van der Waals surface area contributed by atoms with Crippen LogP contribution in [0.15, 0.2) is 0 Å². The van der Waals surface area contributed by atoms with Gasteiger partial charge in [-0.05, 0) is 5.41 Å². The first kappa shape index (κ1) is 14.3. The molecule has 0 fully saturated rings. The number of hydrogen-bond donors (Lipinski definition) is 3. The minimum absolute atomic E-state index is 0.152. The Balaban J connectivity index is 4.24. The molecule has 0 aromatic heterocycles. The summed E-state index contributed by atoms with van der Waals surface area (Å²) in [5.41, 5.74) is -0.406. The maximum atomic E-state index is 10.9. The molecular weight excluding hydrogens is 234 g/mol. The number of phosphoric ester groups is 1. The van der Waals surface area contributed by atoms with Gasteiger partial charge in [-0.3, -0.25) is 4.52 Å². The highest BCUT2D eigenvalue weighted by Gasteiger charge is 2.33. The molecule has 9 heteroatoms. The van der Waals surface area contributed by atoms with Crippen molar-refractivity contribution in [3.63, 3.8) is 0 Å². The molecular formula is C5H14O7P2. The van der Waals surface area contributed by atoms with Crippen LogP contribution >= 0.6 is 15.6 Å². The van der Waals surface area contributed by atoms with E-state index in [4.69, 9.17) is 14.7 Å². The summed E-state index contributed by atoms with van der Waals surface area (Å²) >= 11 is 0. The second kappa shape index (κ2) is 4.41. The Morgan fingerprint density at radius 3 is 1.86 bits per heavy atom. The summed E-state index contributed by atoms with van der Waals surface area (Å²) in [4.78, 5) is 25.4. The van der Waals surface area contributed by atoms with E-state index in [1.807, 2.05) is 0 Å². The topological polar surface area (TPSA) is 113 Å². The van der Waals surface area contributed by atoms with Gasteiger partial charge in [-0.25, -0.2) is 9.13 Å². The number of phosphoric acid groups is 2. The van der Waals surface area contributed by atoms with E-state index in [1.165, 1.54) is 0 Å². The molecule has 1 atom stereocenters. The normalized spacial score (nSPS) is 17.9. The maximum absolute atomic E-state index is 10.9. The third-order valence-corrected chi connectivity index (χ3v) is 3.00. The van der Waals surface area contributed by atoms with Crippen molar-refractivity contribution in [3.8, 4) is 0 Å². The van der Waals surface area contributed by atoms with Gasteiger partial charge < -0.3 is 14.7 Å². The van der Waals surface area contributed by atoms with Crippen LogP contribution in [0, 0.1) is 5.41 Å². The van der Waals surface area contributed by atoms with Crippen LogP contribution < -0.4 is 0 Å². The van der Waals surface area contributed by atoms with Gasteiger partial charge >= 0.3 is 15.6 Å². The Kier molecular flexibility index (Phi) is 4.49. The Morgan fingerprint density at radius 2 is 1.57 bits per heavy atom. The minimum Gasteiger partial charge on any atom is -0.302 e. The lowest BCUT2D eigenvalue weighted by molar-refractivity contribution is 0.132. The Labute approximate surface area is 81.9 Å². The van der Waals surface area contributed by atoms with Crippen LogP contribution in [0.1, 0.15) is 20.8 Å². The van der Waals surface area contributed by atoms with Crippen molar-refractivity contribution < 1.29 is 32.6 Å². The van der Waals surface area contributed by atoms with Gasteiger partial charge in [0.05, 0.1) is 6.61 Å². The summed E-state index contributed by atoms with van der Waals surface area (Å²) in [6, 6.07) is 0. The molecule has 1 unspecified atom stereocenters. The first-order valence-corrected chi connectivity index (χ1v) is 6.68. The van der Waals surface area contributed by atoms with Gasteiger partial charge in [-0.15, -0.1) is 0 Å². The average Bonchev–Trinajstić information content (AvgIpc) is 1.76. The molecule has 0 rings (SSSR count). The molecule has 0 saturated heterocycles. The van der Waals surface area contributed by atoms with Crippen molar-refractivity contribution >= 4 is 15.6 Å². The largest absolute Gasteiger partial charge is 0.481 e. The minimum atomic E-state index is -5.01. The molecule has 86 valence electrons. The second-order valence-corrected chi connectivity index (χ2v) is 6.70. The number of hydrogen-bond acceptors (Lipinski definition) is 4. The van der Waals surface area contributed by atoms with Gasteiger partial charge in [0, 0.05) is 0 Å². The van der Waals surface area contributed by atoms with Crippen molar-refractivity contribution in [1.82, 2.24) is 0 Å². The van der Waals surface area contributed by atoms with E-state index in [0.29, 0.717) is 0 Å². The van der Waals surface area contributed by atoms with Crippen molar-refractivity contribution in [3.05, 3.63) is 0 Å². The highest BCUT2D eigenvalue weighted by atomic mass is 31.3. The predicted octanol–water partition coefficient (Wildman–Crippen LogP) is 1.26. The fraction of sp³-hybridized carbons (Fsp3) is 1.00. The highest BCUT2D eigenvalue weighted by Crippen LogP contribution is 2.57. The summed E-state index contributed by atoms with van der Waals surface area (Å²) in [6.45, 7) is 5.03. The van der Waals surface area contributed by atoms with Crippen LogP contribution in [-0.2, 0) is 18.0 Å². The van der Waals surface area contributed by atoms with Gasteiger partial charge in [0.1, 0.15) is 0 Å². The van der Waals surface area contributed by atoms with Crippen molar-refractivity contribution in [2.45, 2.75) is 20.8 Å². The van der Waals surface area contributed by atoms with Crippen LogP contribution in [-0.4, -0.2) is 21.3 Å². The van der Waals surface area contributed by atoms with Gasteiger partial charge in [-0.2, -0.15) is 4.31 Å². The molecule has 0 saturated carbocycles. The predicted molar refractivity (Wildman–Crippen MR) is 48.4 cm³/mol. The fourth-order valence-corrected chi connectivity index (χ4v) is 2.25. The zero-order chi connectivity index (χ0) is 11.6. The van der Waals surface area contributed by atoms with Crippen LogP contribution in [0.4, 0.5) is 0 Å². The van der Waals surface area contributed by atoms with Gasteiger partial charge in [0.25, 0.3) is 0 Å². The lowest BCUT2D eigenvalue weighted by atomic mass is 9.99. The van der Waals surface area contributed by atoms with E-state index in [2.05, 4.69) is 8.83 Å². The molecule has 0 aliphatic rings. The van der Waals surface area contributed by atoms with Crippen LogP contribution in [0.25, 0.3) is 0 Å². The fourth-order valence-electron chi connectivity index (χ4n) is 0.433. The van der Waals surface area contributed by atoms with E-state index < -0.39 is 21.1 Å². The van der Waals surface area contributed by atoms with Crippen LogP contribution in [0.5, 0.6) is 0 Å². The molecule has 0 radical (unpaired) electrons. The Hall–Kier alpha value is 0.260. The Bertz CT molecular complexity index is 274. The zero-order valence-corrected chi connectivity index (χ0v) is 9.87. The molecule has 0 heterocycles. The van der Waals surface area contributed by atoms with Crippen molar-refractivity contribution in [1.29, 1.82) is 0 Å². The second-order valence-electron chi connectivity index (χ2n) is 3.87. The average molecular weight is 248 g/mol. The van der Waals surface area contributed by atoms with E-state index >= 15 is 0 Å². The summed E-state index contributed by atoms with van der Waals surface area (Å²) in [5, 5.41) is 0. The third-order valence-electron chi connectivity index (χ3n) is 0.870. The monoisotopic (exact) mass is 248 g/mol. The van der Waals surface area contributed by atoms with E-state index in [1.54, 1.807) is 20.8 Å². The Morgan fingerprint density at radius 1 is 1.14 bits per heavy atom. The number of rotatable bonds is 4. The molecule has 0 aromatic carbocycles. The SMILES string of the molecule is CC(C)(C)COP(=O)(O)OP(=O)(O)O. The molecule has 0 aromatic rings. The molecule has 7 nitrogen and oxygen atoms in total. The first-order chi connectivity index (χ1) is 5.91. The molecule has 0 aliphatic heterocycles. The summed E-state index contributed by atoms with van der Waals surface area (Å²) in [7, 11) is -9.68. The standard InChI is InChI=1S/C5H14O7P2/c1-5(2,3)4-11-14(9,10)12-13(6,7)8/h4H2,1-3H3,(H,9,10)(H2,6,7,8).